The van der Waals surface area contributed by atoms with Crippen LogP contribution in [-0.4, -0.2) is 46.1 Å². The average Bonchev–Trinajstić information content (AvgIpc) is 3.12. The van der Waals surface area contributed by atoms with Gasteiger partial charge in [-0.3, -0.25) is 4.79 Å². The number of hydrogen-bond acceptors (Lipinski definition) is 5. The van der Waals surface area contributed by atoms with Crippen LogP contribution in [0, 0.1) is 24.6 Å². The molecule has 2 aliphatic rings. The van der Waals surface area contributed by atoms with Crippen LogP contribution in [0.3, 0.4) is 0 Å². The van der Waals surface area contributed by atoms with Crippen LogP contribution >= 0.6 is 34.5 Å². The number of aromatic nitrogens is 2. The van der Waals surface area contributed by atoms with Gasteiger partial charge in [0.25, 0.3) is 5.91 Å². The Labute approximate surface area is 202 Å². The topological polar surface area (TPSA) is 98.3 Å². The SMILES string of the molecule is Cc1[nH]c(C(=O)N[C@@H]2[C@@H]3CN(c4nc(Cc5cccc(F)c5)c(C(=O)O)s4)C[C@@H]32)c(Cl)c1Cl. The van der Waals surface area contributed by atoms with Gasteiger partial charge in [-0.25, -0.2) is 14.2 Å². The molecule has 2 aromatic heterocycles. The number of carbonyl (C=O) groups is 2. The summed E-state index contributed by atoms with van der Waals surface area (Å²) in [6, 6.07) is 6.10. The lowest BCUT2D eigenvalue weighted by Crippen LogP contribution is -2.34. The number of carbonyl (C=O) groups excluding carboxylic acids is 1. The second-order valence-electron chi connectivity index (χ2n) is 8.37. The Bertz CT molecular complexity index is 1260. The van der Waals surface area contributed by atoms with E-state index in [4.69, 9.17) is 23.2 Å². The Morgan fingerprint density at radius 1 is 1.30 bits per heavy atom. The Morgan fingerprint density at radius 2 is 2.03 bits per heavy atom. The smallest absolute Gasteiger partial charge is 0.347 e. The molecule has 1 amide bonds. The lowest BCUT2D eigenvalue weighted by Gasteiger charge is -2.19. The molecule has 1 saturated carbocycles. The van der Waals surface area contributed by atoms with E-state index in [9.17, 15) is 19.1 Å². The van der Waals surface area contributed by atoms with E-state index >= 15 is 0 Å². The summed E-state index contributed by atoms with van der Waals surface area (Å²) in [7, 11) is 0. The van der Waals surface area contributed by atoms with Crippen LogP contribution in [0.25, 0.3) is 0 Å². The molecule has 0 spiro atoms. The molecule has 3 atom stereocenters. The second kappa shape index (κ2) is 8.30. The largest absolute Gasteiger partial charge is 0.477 e. The summed E-state index contributed by atoms with van der Waals surface area (Å²) in [5.74, 6) is -1.20. The van der Waals surface area contributed by atoms with Crippen molar-refractivity contribution in [2.24, 2.45) is 11.8 Å². The number of carboxylic acids is 1. The van der Waals surface area contributed by atoms with Gasteiger partial charge < -0.3 is 20.3 Å². The fraction of sp³-hybridized carbons (Fsp3) is 0.318. The first kappa shape index (κ1) is 22.2. The quantitative estimate of drug-likeness (QED) is 0.458. The summed E-state index contributed by atoms with van der Waals surface area (Å²) in [6.07, 6.45) is 0.244. The normalized spacial score (nSPS) is 21.2. The lowest BCUT2D eigenvalue weighted by atomic mass is 10.1. The maximum atomic E-state index is 13.5. The van der Waals surface area contributed by atoms with Crippen molar-refractivity contribution in [3.63, 3.8) is 0 Å². The number of benzene rings is 1. The molecule has 0 bridgehead atoms. The molecule has 172 valence electrons. The van der Waals surface area contributed by atoms with Crippen molar-refractivity contribution in [2.75, 3.05) is 18.0 Å². The Hall–Kier alpha value is -2.62. The Balaban J connectivity index is 1.25. The Morgan fingerprint density at radius 3 is 2.64 bits per heavy atom. The fourth-order valence-corrected chi connectivity index (χ4v) is 5.81. The molecular formula is C22H19Cl2FN4O3S. The first-order valence-electron chi connectivity index (χ1n) is 10.3. The number of fused-ring (bicyclic) bond motifs is 1. The van der Waals surface area contributed by atoms with E-state index in [0.29, 0.717) is 40.2 Å². The molecule has 5 rings (SSSR count). The minimum atomic E-state index is -1.04. The summed E-state index contributed by atoms with van der Waals surface area (Å²) in [6.45, 7) is 3.08. The minimum Gasteiger partial charge on any atom is -0.477 e. The number of aryl methyl sites for hydroxylation is 1. The van der Waals surface area contributed by atoms with Crippen molar-refractivity contribution in [1.29, 1.82) is 0 Å². The van der Waals surface area contributed by atoms with Crippen molar-refractivity contribution in [2.45, 2.75) is 19.4 Å². The minimum absolute atomic E-state index is 0.0258. The third-order valence-corrected chi connectivity index (χ3v) is 8.28. The maximum absolute atomic E-state index is 13.5. The monoisotopic (exact) mass is 508 g/mol. The highest BCUT2D eigenvalue weighted by Gasteiger charge is 2.57. The molecule has 11 heteroatoms. The van der Waals surface area contributed by atoms with Crippen LogP contribution in [0.1, 0.15) is 37.1 Å². The van der Waals surface area contributed by atoms with Gasteiger partial charge in [-0.2, -0.15) is 0 Å². The number of H-pyrrole nitrogens is 1. The van der Waals surface area contributed by atoms with Crippen LogP contribution in [0.4, 0.5) is 9.52 Å². The molecule has 1 aliphatic carbocycles. The molecule has 2 fully saturated rings. The molecule has 1 aromatic carbocycles. The van der Waals surface area contributed by atoms with E-state index in [1.807, 2.05) is 4.90 Å². The summed E-state index contributed by atoms with van der Waals surface area (Å²) in [4.78, 5) is 34.0. The summed E-state index contributed by atoms with van der Waals surface area (Å²) < 4.78 is 13.5. The predicted molar refractivity (Wildman–Crippen MR) is 124 cm³/mol. The number of aromatic carboxylic acids is 1. The summed E-state index contributed by atoms with van der Waals surface area (Å²) in [5, 5.41) is 13.8. The van der Waals surface area contributed by atoms with Gasteiger partial charge >= 0.3 is 5.97 Å². The Kier molecular flexibility index (Phi) is 5.58. The van der Waals surface area contributed by atoms with Gasteiger partial charge in [-0.05, 0) is 24.6 Å². The first-order valence-corrected chi connectivity index (χ1v) is 11.9. The highest BCUT2D eigenvalue weighted by atomic mass is 35.5. The number of amides is 1. The van der Waals surface area contributed by atoms with Gasteiger partial charge in [-0.15, -0.1) is 0 Å². The van der Waals surface area contributed by atoms with E-state index in [-0.39, 0.29) is 51.6 Å². The van der Waals surface area contributed by atoms with Gasteiger partial charge in [0, 0.05) is 43.1 Å². The predicted octanol–water partition coefficient (Wildman–Crippen LogP) is 4.38. The third kappa shape index (κ3) is 4.09. The highest BCUT2D eigenvalue weighted by molar-refractivity contribution is 7.17. The number of halogens is 3. The molecule has 1 aliphatic heterocycles. The van der Waals surface area contributed by atoms with Gasteiger partial charge in [0.05, 0.1) is 15.7 Å². The molecule has 0 unspecified atom stereocenters. The number of piperidine rings is 1. The molecule has 33 heavy (non-hydrogen) atoms. The molecule has 3 heterocycles. The highest BCUT2D eigenvalue weighted by Crippen LogP contribution is 2.48. The molecule has 3 N–H and O–H groups in total. The lowest BCUT2D eigenvalue weighted by molar-refractivity contribution is 0.0700. The van der Waals surface area contributed by atoms with Crippen LogP contribution < -0.4 is 10.2 Å². The number of thiazole rings is 1. The van der Waals surface area contributed by atoms with Crippen LogP contribution in [0.5, 0.6) is 0 Å². The zero-order valence-corrected chi connectivity index (χ0v) is 19.7. The van der Waals surface area contributed by atoms with E-state index in [0.717, 1.165) is 11.3 Å². The van der Waals surface area contributed by atoms with Crippen molar-refractivity contribution in [1.82, 2.24) is 15.3 Å². The van der Waals surface area contributed by atoms with Crippen LogP contribution in [0.15, 0.2) is 24.3 Å². The number of aromatic amines is 1. The van der Waals surface area contributed by atoms with Crippen molar-refractivity contribution < 1.29 is 19.1 Å². The van der Waals surface area contributed by atoms with E-state index in [1.54, 1.807) is 19.1 Å². The fourth-order valence-electron chi connectivity index (χ4n) is 4.45. The molecule has 1 saturated heterocycles. The standard InChI is InChI=1S/C22H19Cl2FN4O3S/c1-9-15(23)16(24)18(26-9)20(30)28-17-12-7-29(8-13(12)17)22-27-14(19(33-22)21(31)32)6-10-3-2-4-11(25)5-10/h2-5,12-13,17,26H,6-8H2,1H3,(H,28,30)(H,31,32)/t12-,13+,17-. The average molecular weight is 509 g/mol. The number of anilines is 1. The number of nitrogens with one attached hydrogen (secondary N) is 2. The zero-order valence-electron chi connectivity index (χ0n) is 17.4. The van der Waals surface area contributed by atoms with Gasteiger partial charge in [0.1, 0.15) is 16.4 Å². The van der Waals surface area contributed by atoms with Crippen molar-refractivity contribution in [3.05, 3.63) is 67.7 Å². The summed E-state index contributed by atoms with van der Waals surface area (Å²) in [5.41, 5.74) is 1.99. The molecule has 3 aromatic rings. The number of nitrogens with zero attached hydrogens (tertiary/aromatic N) is 2. The van der Waals surface area contributed by atoms with Gasteiger partial charge in [0.15, 0.2) is 5.13 Å². The number of hydrogen-bond donors (Lipinski definition) is 3. The van der Waals surface area contributed by atoms with Crippen molar-refractivity contribution >= 4 is 51.5 Å². The van der Waals surface area contributed by atoms with Gasteiger partial charge in [0.2, 0.25) is 0 Å². The van der Waals surface area contributed by atoms with E-state index in [2.05, 4.69) is 15.3 Å². The van der Waals surface area contributed by atoms with Gasteiger partial charge in [-0.1, -0.05) is 46.7 Å². The third-order valence-electron chi connectivity index (χ3n) is 6.18. The van der Waals surface area contributed by atoms with E-state index in [1.165, 1.54) is 12.1 Å². The second-order valence-corrected chi connectivity index (χ2v) is 10.1. The van der Waals surface area contributed by atoms with E-state index < -0.39 is 5.97 Å². The zero-order chi connectivity index (χ0) is 23.4. The van der Waals surface area contributed by atoms with Crippen LogP contribution in [-0.2, 0) is 6.42 Å². The summed E-state index contributed by atoms with van der Waals surface area (Å²) >= 11 is 13.3. The molecule has 0 radical (unpaired) electrons. The van der Waals surface area contributed by atoms with Crippen LogP contribution in [0.2, 0.25) is 10.0 Å². The molecular weight excluding hydrogens is 490 g/mol. The first-order chi connectivity index (χ1) is 15.7. The maximum Gasteiger partial charge on any atom is 0.347 e. The number of carboxylic acid groups (broad SMARTS) is 1. The molecule has 7 nitrogen and oxygen atoms in total. The van der Waals surface area contributed by atoms with Crippen molar-refractivity contribution in [3.8, 4) is 0 Å². The number of rotatable bonds is 6.